The Morgan fingerprint density at radius 2 is 2.00 bits per heavy atom. The lowest BCUT2D eigenvalue weighted by molar-refractivity contribution is 0.332. The molecule has 1 saturated carbocycles. The summed E-state index contributed by atoms with van der Waals surface area (Å²) in [7, 11) is 0. The van der Waals surface area contributed by atoms with Gasteiger partial charge in [0.1, 0.15) is 0 Å². The highest BCUT2D eigenvalue weighted by atomic mass is 14.9. The number of nitrogens with zero attached hydrogens (tertiary/aromatic N) is 1. The molecule has 0 spiro atoms. The summed E-state index contributed by atoms with van der Waals surface area (Å²) in [5.74, 6) is 1.74. The highest BCUT2D eigenvalue weighted by Crippen LogP contribution is 2.29. The molecule has 2 heteroatoms. The van der Waals surface area contributed by atoms with Crippen molar-refractivity contribution in [1.29, 1.82) is 5.26 Å². The zero-order valence-electron chi connectivity index (χ0n) is 11.7. The molecule has 0 aliphatic heterocycles. The van der Waals surface area contributed by atoms with Crippen LogP contribution in [0, 0.1) is 23.2 Å². The lowest BCUT2D eigenvalue weighted by Crippen LogP contribution is -2.37. The van der Waals surface area contributed by atoms with Crippen molar-refractivity contribution in [2.24, 2.45) is 11.8 Å². The van der Waals surface area contributed by atoms with Crippen molar-refractivity contribution >= 4 is 0 Å². The Labute approximate surface area is 107 Å². The maximum Gasteiger partial charge on any atom is 0.0638 e. The molecule has 1 aliphatic rings. The average Bonchev–Trinajstić information content (AvgIpc) is 2.54. The monoisotopic (exact) mass is 236 g/mol. The summed E-state index contributed by atoms with van der Waals surface area (Å²) < 4.78 is 0. The SMILES string of the molecule is CCC(CC#N)NC1CCCC(C(C)C)CC1. The van der Waals surface area contributed by atoms with Gasteiger partial charge in [-0.2, -0.15) is 5.26 Å². The zero-order valence-corrected chi connectivity index (χ0v) is 11.7. The van der Waals surface area contributed by atoms with Crippen LogP contribution in [0.3, 0.4) is 0 Å². The Balaban J connectivity index is 2.38. The Hall–Kier alpha value is -0.550. The molecule has 1 aliphatic carbocycles. The van der Waals surface area contributed by atoms with Crippen molar-refractivity contribution in [3.63, 3.8) is 0 Å². The minimum Gasteiger partial charge on any atom is -0.310 e. The molecule has 3 unspecified atom stereocenters. The molecule has 0 saturated heterocycles. The molecule has 0 heterocycles. The molecule has 0 bridgehead atoms. The highest BCUT2D eigenvalue weighted by molar-refractivity contribution is 4.84. The smallest absolute Gasteiger partial charge is 0.0638 e. The third kappa shape index (κ3) is 5.08. The molecule has 0 radical (unpaired) electrons. The van der Waals surface area contributed by atoms with E-state index in [1.165, 1.54) is 32.1 Å². The summed E-state index contributed by atoms with van der Waals surface area (Å²) in [6.45, 7) is 6.87. The van der Waals surface area contributed by atoms with Gasteiger partial charge in [0, 0.05) is 12.1 Å². The van der Waals surface area contributed by atoms with Crippen LogP contribution in [-0.2, 0) is 0 Å². The van der Waals surface area contributed by atoms with Crippen molar-refractivity contribution in [3.05, 3.63) is 0 Å². The molecule has 1 N–H and O–H groups in total. The molecule has 1 rings (SSSR count). The Morgan fingerprint density at radius 3 is 2.59 bits per heavy atom. The van der Waals surface area contributed by atoms with Crippen molar-refractivity contribution in [3.8, 4) is 6.07 Å². The molecule has 0 aromatic rings. The van der Waals surface area contributed by atoms with E-state index in [0.29, 0.717) is 18.5 Å². The molecule has 3 atom stereocenters. The van der Waals surface area contributed by atoms with E-state index in [1.54, 1.807) is 0 Å². The van der Waals surface area contributed by atoms with Crippen LogP contribution in [0.1, 0.15) is 65.7 Å². The zero-order chi connectivity index (χ0) is 12.7. The summed E-state index contributed by atoms with van der Waals surface area (Å²) >= 11 is 0. The van der Waals surface area contributed by atoms with Gasteiger partial charge in [0.15, 0.2) is 0 Å². The topological polar surface area (TPSA) is 35.8 Å². The van der Waals surface area contributed by atoms with Gasteiger partial charge in [0.2, 0.25) is 0 Å². The quantitative estimate of drug-likeness (QED) is 0.735. The van der Waals surface area contributed by atoms with E-state index in [1.807, 2.05) is 0 Å². The van der Waals surface area contributed by atoms with Crippen molar-refractivity contribution in [2.75, 3.05) is 0 Å². The first-order chi connectivity index (χ1) is 8.17. The van der Waals surface area contributed by atoms with Crippen LogP contribution in [0.15, 0.2) is 0 Å². The number of nitrogens with one attached hydrogen (secondary N) is 1. The second-order valence-corrected chi connectivity index (χ2v) is 5.84. The summed E-state index contributed by atoms with van der Waals surface area (Å²) in [5.41, 5.74) is 0. The van der Waals surface area contributed by atoms with E-state index in [9.17, 15) is 0 Å². The van der Waals surface area contributed by atoms with E-state index in [0.717, 1.165) is 18.3 Å². The molecule has 98 valence electrons. The summed E-state index contributed by atoms with van der Waals surface area (Å²) in [6, 6.07) is 3.34. The first kappa shape index (κ1) is 14.5. The van der Waals surface area contributed by atoms with Crippen LogP contribution in [-0.4, -0.2) is 12.1 Å². The van der Waals surface area contributed by atoms with E-state index in [4.69, 9.17) is 5.26 Å². The van der Waals surface area contributed by atoms with Crippen LogP contribution in [0.25, 0.3) is 0 Å². The van der Waals surface area contributed by atoms with Gasteiger partial charge in [-0.25, -0.2) is 0 Å². The van der Waals surface area contributed by atoms with Gasteiger partial charge in [-0.05, 0) is 37.5 Å². The third-order valence-corrected chi connectivity index (χ3v) is 4.26. The van der Waals surface area contributed by atoms with Gasteiger partial charge in [-0.15, -0.1) is 0 Å². The molecule has 0 aromatic carbocycles. The van der Waals surface area contributed by atoms with Crippen molar-refractivity contribution in [2.45, 2.75) is 77.8 Å². The molecule has 0 aromatic heterocycles. The second kappa shape index (κ2) is 7.71. The highest BCUT2D eigenvalue weighted by Gasteiger charge is 2.22. The predicted molar refractivity (Wildman–Crippen MR) is 72.6 cm³/mol. The molecule has 1 fully saturated rings. The molecular weight excluding hydrogens is 208 g/mol. The van der Waals surface area contributed by atoms with Crippen LogP contribution in [0.2, 0.25) is 0 Å². The Bertz CT molecular complexity index is 242. The molecule has 2 nitrogen and oxygen atoms in total. The van der Waals surface area contributed by atoms with Crippen LogP contribution in [0.5, 0.6) is 0 Å². The van der Waals surface area contributed by atoms with Gasteiger partial charge in [0.25, 0.3) is 0 Å². The van der Waals surface area contributed by atoms with Crippen molar-refractivity contribution in [1.82, 2.24) is 5.32 Å². The maximum atomic E-state index is 8.78. The number of hydrogen-bond acceptors (Lipinski definition) is 2. The fourth-order valence-electron chi connectivity index (χ4n) is 2.93. The first-order valence-electron chi connectivity index (χ1n) is 7.30. The minimum atomic E-state index is 0.403. The summed E-state index contributed by atoms with van der Waals surface area (Å²) in [5, 5.41) is 12.5. The van der Waals surface area contributed by atoms with Crippen LogP contribution < -0.4 is 5.32 Å². The molecular formula is C15H28N2. The van der Waals surface area contributed by atoms with Crippen molar-refractivity contribution < 1.29 is 0 Å². The average molecular weight is 236 g/mol. The fourth-order valence-corrected chi connectivity index (χ4v) is 2.93. The van der Waals surface area contributed by atoms with Gasteiger partial charge in [-0.3, -0.25) is 0 Å². The fraction of sp³-hybridized carbons (Fsp3) is 0.933. The normalized spacial score (nSPS) is 27.5. The number of hydrogen-bond donors (Lipinski definition) is 1. The van der Waals surface area contributed by atoms with E-state index in [-0.39, 0.29) is 0 Å². The van der Waals surface area contributed by atoms with Gasteiger partial charge in [-0.1, -0.05) is 33.6 Å². The second-order valence-electron chi connectivity index (χ2n) is 5.84. The predicted octanol–water partition coefficient (Wildman–Crippen LogP) is 3.87. The van der Waals surface area contributed by atoms with Crippen LogP contribution >= 0.6 is 0 Å². The largest absolute Gasteiger partial charge is 0.310 e. The number of nitriles is 1. The third-order valence-electron chi connectivity index (χ3n) is 4.26. The Morgan fingerprint density at radius 1 is 1.24 bits per heavy atom. The van der Waals surface area contributed by atoms with E-state index >= 15 is 0 Å². The lowest BCUT2D eigenvalue weighted by atomic mass is 9.89. The summed E-state index contributed by atoms with van der Waals surface area (Å²) in [4.78, 5) is 0. The van der Waals surface area contributed by atoms with E-state index < -0.39 is 0 Å². The molecule has 0 amide bonds. The van der Waals surface area contributed by atoms with Gasteiger partial charge < -0.3 is 5.32 Å². The maximum absolute atomic E-state index is 8.78. The van der Waals surface area contributed by atoms with Crippen LogP contribution in [0.4, 0.5) is 0 Å². The molecule has 17 heavy (non-hydrogen) atoms. The Kier molecular flexibility index (Phi) is 6.58. The lowest BCUT2D eigenvalue weighted by Gasteiger charge is -2.23. The minimum absolute atomic E-state index is 0.403. The van der Waals surface area contributed by atoms with Gasteiger partial charge in [0.05, 0.1) is 12.5 Å². The number of rotatable bonds is 5. The standard InChI is InChI=1S/C15H28N2/c1-4-14(10-11-16)17-15-7-5-6-13(8-9-15)12(2)3/h12-15,17H,4-10H2,1-3H3. The summed E-state index contributed by atoms with van der Waals surface area (Å²) in [6.07, 6.45) is 8.42. The van der Waals surface area contributed by atoms with E-state index in [2.05, 4.69) is 32.2 Å². The van der Waals surface area contributed by atoms with Gasteiger partial charge >= 0.3 is 0 Å². The first-order valence-corrected chi connectivity index (χ1v) is 7.30.